The molecule has 1 amide bonds. The molecule has 0 fully saturated rings. The molecule has 2 N–H and O–H groups in total. The van der Waals surface area contributed by atoms with Gasteiger partial charge in [0, 0.05) is 5.69 Å². The Hall–Kier alpha value is -2.89. The molecule has 126 valence electrons. The molecular formula is C18H18FNO4. The molecule has 0 heterocycles. The number of amides is 1. The quantitative estimate of drug-likeness (QED) is 0.866. The summed E-state index contributed by atoms with van der Waals surface area (Å²) in [6.45, 7) is 5.30. The van der Waals surface area contributed by atoms with Crippen LogP contribution in [-0.4, -0.2) is 22.8 Å². The maximum Gasteiger partial charge on any atom is 0.412 e. The number of hydrogen-bond acceptors (Lipinski definition) is 3. The Balaban J connectivity index is 2.16. The highest BCUT2D eigenvalue weighted by molar-refractivity contribution is 5.90. The van der Waals surface area contributed by atoms with Crippen LogP contribution in [0.15, 0.2) is 42.5 Å². The molecular weight excluding hydrogens is 313 g/mol. The van der Waals surface area contributed by atoms with Crippen LogP contribution in [0.25, 0.3) is 11.1 Å². The Morgan fingerprint density at radius 3 is 2.17 bits per heavy atom. The molecule has 0 aliphatic heterocycles. The Labute approximate surface area is 139 Å². The normalized spacial score (nSPS) is 11.0. The van der Waals surface area contributed by atoms with Gasteiger partial charge in [0.25, 0.3) is 0 Å². The van der Waals surface area contributed by atoms with E-state index in [0.717, 1.165) is 6.07 Å². The minimum Gasteiger partial charge on any atom is -0.478 e. The number of carbonyl (C=O) groups excluding carboxylic acids is 1. The Morgan fingerprint density at radius 2 is 1.62 bits per heavy atom. The Kier molecular flexibility index (Phi) is 4.87. The number of aromatic carboxylic acids is 1. The molecule has 0 aliphatic rings. The van der Waals surface area contributed by atoms with E-state index >= 15 is 0 Å². The lowest BCUT2D eigenvalue weighted by atomic mass is 10.0. The minimum absolute atomic E-state index is 0.386. The van der Waals surface area contributed by atoms with Gasteiger partial charge in [-0.05, 0) is 56.2 Å². The lowest BCUT2D eigenvalue weighted by Crippen LogP contribution is -2.27. The summed E-state index contributed by atoms with van der Waals surface area (Å²) in [6, 6.07) is 10.6. The average Bonchev–Trinajstić information content (AvgIpc) is 2.46. The van der Waals surface area contributed by atoms with E-state index in [4.69, 9.17) is 9.84 Å². The summed E-state index contributed by atoms with van der Waals surface area (Å²) in [5.74, 6) is -2.10. The number of anilines is 1. The van der Waals surface area contributed by atoms with Gasteiger partial charge in [-0.15, -0.1) is 0 Å². The van der Waals surface area contributed by atoms with Gasteiger partial charge >= 0.3 is 12.1 Å². The summed E-state index contributed by atoms with van der Waals surface area (Å²) in [7, 11) is 0. The molecule has 2 rings (SSSR count). The van der Waals surface area contributed by atoms with Crippen LogP contribution in [0.1, 0.15) is 31.1 Å². The number of rotatable bonds is 3. The summed E-state index contributed by atoms with van der Waals surface area (Å²) in [5, 5.41) is 11.6. The number of hydrogen-bond donors (Lipinski definition) is 2. The van der Waals surface area contributed by atoms with E-state index in [1.807, 2.05) is 0 Å². The fourth-order valence-electron chi connectivity index (χ4n) is 2.04. The van der Waals surface area contributed by atoms with Crippen molar-refractivity contribution in [3.05, 3.63) is 53.8 Å². The van der Waals surface area contributed by atoms with Crippen molar-refractivity contribution >= 4 is 17.7 Å². The first kappa shape index (κ1) is 17.5. The van der Waals surface area contributed by atoms with Gasteiger partial charge in [-0.25, -0.2) is 14.0 Å². The summed E-state index contributed by atoms with van der Waals surface area (Å²) in [4.78, 5) is 22.7. The molecule has 0 spiro atoms. The molecule has 2 aromatic carbocycles. The van der Waals surface area contributed by atoms with Crippen molar-refractivity contribution in [1.82, 2.24) is 0 Å². The fourth-order valence-corrected chi connectivity index (χ4v) is 2.04. The van der Waals surface area contributed by atoms with Crippen LogP contribution < -0.4 is 5.32 Å². The first-order chi connectivity index (χ1) is 11.2. The van der Waals surface area contributed by atoms with E-state index in [1.54, 1.807) is 45.0 Å². The van der Waals surface area contributed by atoms with E-state index in [2.05, 4.69) is 5.32 Å². The van der Waals surface area contributed by atoms with Gasteiger partial charge in [0.05, 0.1) is 5.56 Å². The van der Waals surface area contributed by atoms with Crippen molar-refractivity contribution in [3.63, 3.8) is 0 Å². The average molecular weight is 331 g/mol. The van der Waals surface area contributed by atoms with E-state index < -0.39 is 23.5 Å². The number of benzene rings is 2. The maximum absolute atomic E-state index is 13.4. The highest BCUT2D eigenvalue weighted by atomic mass is 19.1. The molecule has 5 nitrogen and oxygen atoms in total. The van der Waals surface area contributed by atoms with Gasteiger partial charge in [0.15, 0.2) is 0 Å². The van der Waals surface area contributed by atoms with Crippen molar-refractivity contribution < 1.29 is 23.8 Å². The molecule has 0 atom stereocenters. The van der Waals surface area contributed by atoms with Crippen LogP contribution in [0.5, 0.6) is 0 Å². The van der Waals surface area contributed by atoms with E-state index in [-0.39, 0.29) is 5.56 Å². The monoisotopic (exact) mass is 331 g/mol. The second-order valence-electron chi connectivity index (χ2n) is 6.20. The zero-order chi connectivity index (χ0) is 17.9. The first-order valence-electron chi connectivity index (χ1n) is 7.29. The Bertz CT molecular complexity index is 764. The summed E-state index contributed by atoms with van der Waals surface area (Å²) in [6.07, 6.45) is -0.565. The molecule has 0 unspecified atom stereocenters. The largest absolute Gasteiger partial charge is 0.478 e. The number of carbonyl (C=O) groups is 2. The van der Waals surface area contributed by atoms with Crippen molar-refractivity contribution in [2.24, 2.45) is 0 Å². The second-order valence-corrected chi connectivity index (χ2v) is 6.20. The third-order valence-corrected chi connectivity index (χ3v) is 3.06. The molecule has 0 aliphatic carbocycles. The van der Waals surface area contributed by atoms with Gasteiger partial charge in [-0.2, -0.15) is 0 Å². The number of halogens is 1. The molecule has 24 heavy (non-hydrogen) atoms. The van der Waals surface area contributed by atoms with E-state index in [1.165, 1.54) is 12.1 Å². The fraction of sp³-hybridized carbons (Fsp3) is 0.222. The maximum atomic E-state index is 13.4. The summed E-state index contributed by atoms with van der Waals surface area (Å²) < 4.78 is 18.6. The molecule has 2 aromatic rings. The smallest absolute Gasteiger partial charge is 0.412 e. The van der Waals surface area contributed by atoms with Gasteiger partial charge in [0.2, 0.25) is 0 Å². The van der Waals surface area contributed by atoms with Crippen molar-refractivity contribution in [2.45, 2.75) is 26.4 Å². The van der Waals surface area contributed by atoms with Crippen LogP contribution in [0.3, 0.4) is 0 Å². The number of carboxylic acids is 1. The van der Waals surface area contributed by atoms with Gasteiger partial charge in [-0.3, -0.25) is 5.32 Å². The number of ether oxygens (including phenoxy) is 1. The summed E-state index contributed by atoms with van der Waals surface area (Å²) in [5.41, 5.74) is 0.827. The van der Waals surface area contributed by atoms with Crippen molar-refractivity contribution in [1.29, 1.82) is 0 Å². The van der Waals surface area contributed by atoms with Crippen LogP contribution >= 0.6 is 0 Å². The highest BCUT2D eigenvalue weighted by Gasteiger charge is 2.16. The summed E-state index contributed by atoms with van der Waals surface area (Å²) >= 11 is 0. The van der Waals surface area contributed by atoms with Crippen LogP contribution in [-0.2, 0) is 4.74 Å². The second kappa shape index (κ2) is 6.70. The lowest BCUT2D eigenvalue weighted by Gasteiger charge is -2.19. The highest BCUT2D eigenvalue weighted by Crippen LogP contribution is 2.24. The molecule has 0 aromatic heterocycles. The molecule has 0 bridgehead atoms. The van der Waals surface area contributed by atoms with E-state index in [0.29, 0.717) is 16.8 Å². The van der Waals surface area contributed by atoms with E-state index in [9.17, 15) is 14.0 Å². The molecule has 0 radical (unpaired) electrons. The third kappa shape index (κ3) is 4.55. The van der Waals surface area contributed by atoms with Crippen LogP contribution in [0.4, 0.5) is 14.9 Å². The van der Waals surface area contributed by atoms with Crippen molar-refractivity contribution in [2.75, 3.05) is 5.32 Å². The molecule has 0 saturated carbocycles. The van der Waals surface area contributed by atoms with Gasteiger partial charge < -0.3 is 9.84 Å². The first-order valence-corrected chi connectivity index (χ1v) is 7.29. The van der Waals surface area contributed by atoms with Crippen LogP contribution in [0, 0.1) is 5.82 Å². The molecule has 6 heteroatoms. The number of nitrogens with one attached hydrogen (secondary N) is 1. The number of carboxylic acid groups (broad SMARTS) is 1. The zero-order valence-electron chi connectivity index (χ0n) is 13.6. The molecule has 0 saturated heterocycles. The lowest BCUT2D eigenvalue weighted by molar-refractivity contribution is 0.0633. The standard InChI is InChI=1S/C18H18FNO4/c1-18(2,3)24-17(23)20-13-7-4-11(5-8-13)12-6-9-15(19)14(10-12)16(21)22/h4-10H,1-3H3,(H,20,23)(H,21,22). The predicted octanol–water partition coefficient (Wildman–Crippen LogP) is 4.54. The minimum atomic E-state index is -1.32. The topological polar surface area (TPSA) is 75.6 Å². The van der Waals surface area contributed by atoms with Crippen LogP contribution in [0.2, 0.25) is 0 Å². The third-order valence-electron chi connectivity index (χ3n) is 3.06. The SMILES string of the molecule is CC(C)(C)OC(=O)Nc1ccc(-c2ccc(F)c(C(=O)O)c2)cc1. The van der Waals surface area contributed by atoms with Gasteiger partial charge in [-0.1, -0.05) is 18.2 Å². The van der Waals surface area contributed by atoms with Crippen molar-refractivity contribution in [3.8, 4) is 11.1 Å². The predicted molar refractivity (Wildman–Crippen MR) is 88.7 cm³/mol. The zero-order valence-corrected chi connectivity index (χ0v) is 13.6. The van der Waals surface area contributed by atoms with Gasteiger partial charge in [0.1, 0.15) is 11.4 Å². The Morgan fingerprint density at radius 1 is 1.04 bits per heavy atom.